The first-order valence-corrected chi connectivity index (χ1v) is 6.47. The third-order valence-corrected chi connectivity index (χ3v) is 3.47. The monoisotopic (exact) mass is 267 g/mol. The van der Waals surface area contributed by atoms with Gasteiger partial charge in [-0.25, -0.2) is 9.97 Å². The zero-order valence-corrected chi connectivity index (χ0v) is 11.0. The van der Waals surface area contributed by atoms with E-state index in [0.717, 1.165) is 0 Å². The Morgan fingerprint density at radius 3 is 2.25 bits per heavy atom. The van der Waals surface area contributed by atoms with Gasteiger partial charge in [-0.3, -0.25) is 14.5 Å². The Hall–Kier alpha value is -2.56. The van der Waals surface area contributed by atoms with Crippen LogP contribution >= 0.6 is 0 Å². The minimum Gasteiger partial charge on any atom is -0.269 e. The average Bonchev–Trinajstić information content (AvgIpc) is 2.75. The van der Waals surface area contributed by atoms with Gasteiger partial charge in [0.25, 0.3) is 11.8 Å². The normalized spacial score (nSPS) is 15.3. The van der Waals surface area contributed by atoms with Crippen LogP contribution in [-0.2, 0) is 0 Å². The first-order chi connectivity index (χ1) is 9.74. The summed E-state index contributed by atoms with van der Waals surface area (Å²) in [6.45, 7) is 1.93. The van der Waals surface area contributed by atoms with Gasteiger partial charge >= 0.3 is 0 Å². The summed E-state index contributed by atoms with van der Waals surface area (Å²) in [4.78, 5) is 34.2. The van der Waals surface area contributed by atoms with Gasteiger partial charge in [0.1, 0.15) is 6.33 Å². The molecule has 3 rings (SSSR count). The molecule has 2 amide bonds. The fraction of sp³-hybridized carbons (Fsp3) is 0.200. The highest BCUT2D eigenvalue weighted by Gasteiger charge is 2.40. The van der Waals surface area contributed by atoms with Crippen LogP contribution in [0.2, 0.25) is 0 Å². The Balaban J connectivity index is 2.03. The lowest BCUT2D eigenvalue weighted by Gasteiger charge is -2.24. The van der Waals surface area contributed by atoms with Crippen molar-refractivity contribution in [2.75, 3.05) is 0 Å². The van der Waals surface area contributed by atoms with Crippen LogP contribution in [-0.4, -0.2) is 26.7 Å². The van der Waals surface area contributed by atoms with Crippen molar-refractivity contribution in [1.82, 2.24) is 14.9 Å². The molecule has 0 aliphatic carbocycles. The van der Waals surface area contributed by atoms with E-state index in [4.69, 9.17) is 0 Å². The fourth-order valence-corrected chi connectivity index (χ4v) is 2.51. The summed E-state index contributed by atoms with van der Waals surface area (Å²) in [7, 11) is 0. The van der Waals surface area contributed by atoms with E-state index in [2.05, 4.69) is 9.97 Å². The minimum absolute atomic E-state index is 0.254. The lowest BCUT2D eigenvalue weighted by molar-refractivity contribution is 0.0574. The van der Waals surface area contributed by atoms with E-state index in [0.29, 0.717) is 23.2 Å². The molecule has 0 saturated heterocycles. The van der Waals surface area contributed by atoms with Crippen molar-refractivity contribution in [3.63, 3.8) is 0 Å². The maximum atomic E-state index is 12.4. The molecule has 1 unspecified atom stereocenters. The molecule has 1 aliphatic heterocycles. The first kappa shape index (κ1) is 12.5. The number of rotatable bonds is 3. The van der Waals surface area contributed by atoms with Crippen molar-refractivity contribution in [1.29, 1.82) is 0 Å². The third-order valence-electron chi connectivity index (χ3n) is 3.47. The van der Waals surface area contributed by atoms with Gasteiger partial charge in [0.2, 0.25) is 0 Å². The number of nitrogens with zero attached hydrogens (tertiary/aromatic N) is 3. The zero-order valence-electron chi connectivity index (χ0n) is 11.0. The van der Waals surface area contributed by atoms with Gasteiger partial charge in [0, 0.05) is 6.20 Å². The van der Waals surface area contributed by atoms with E-state index in [1.54, 1.807) is 36.5 Å². The van der Waals surface area contributed by atoms with Gasteiger partial charge in [-0.1, -0.05) is 19.1 Å². The van der Waals surface area contributed by atoms with Crippen LogP contribution in [0.15, 0.2) is 42.9 Å². The van der Waals surface area contributed by atoms with E-state index >= 15 is 0 Å². The largest absolute Gasteiger partial charge is 0.269 e. The Bertz CT molecular complexity index is 635. The molecule has 1 aliphatic rings. The number of carbonyl (C=O) groups is 2. The van der Waals surface area contributed by atoms with Crippen molar-refractivity contribution < 1.29 is 9.59 Å². The minimum atomic E-state index is -0.356. The second-order valence-corrected chi connectivity index (χ2v) is 4.58. The number of fused-ring (bicyclic) bond motifs is 1. The number of imide groups is 1. The van der Waals surface area contributed by atoms with Crippen LogP contribution in [0.3, 0.4) is 0 Å². The average molecular weight is 267 g/mol. The number of hydrogen-bond acceptors (Lipinski definition) is 4. The van der Waals surface area contributed by atoms with Crippen molar-refractivity contribution in [2.45, 2.75) is 19.4 Å². The van der Waals surface area contributed by atoms with Crippen molar-refractivity contribution in [3.05, 3.63) is 59.7 Å². The topological polar surface area (TPSA) is 63.2 Å². The van der Waals surface area contributed by atoms with Crippen molar-refractivity contribution in [2.24, 2.45) is 0 Å². The molecule has 5 nitrogen and oxygen atoms in total. The summed E-state index contributed by atoms with van der Waals surface area (Å²) in [6.07, 6.45) is 3.65. The highest BCUT2D eigenvalue weighted by molar-refractivity contribution is 6.21. The molecular formula is C15H13N3O2. The standard InChI is InChI=1S/C15H13N3O2/c1-2-13(12-7-8-16-9-17-12)18-14(19)10-5-3-4-6-11(10)15(18)20/h3-9,13H,2H2,1H3. The summed E-state index contributed by atoms with van der Waals surface area (Å²) >= 11 is 0. The second kappa shape index (κ2) is 4.85. The smallest absolute Gasteiger partial charge is 0.262 e. The van der Waals surface area contributed by atoms with Gasteiger partial charge in [-0.2, -0.15) is 0 Å². The molecule has 100 valence electrons. The highest BCUT2D eigenvalue weighted by Crippen LogP contribution is 2.32. The van der Waals surface area contributed by atoms with E-state index < -0.39 is 0 Å². The van der Waals surface area contributed by atoms with Gasteiger partial charge in [0.05, 0.1) is 22.9 Å². The summed E-state index contributed by atoms with van der Waals surface area (Å²) in [5.41, 5.74) is 1.60. The molecule has 0 N–H and O–H groups in total. The molecule has 0 radical (unpaired) electrons. The molecule has 1 aromatic heterocycles. The molecule has 2 aromatic rings. The van der Waals surface area contributed by atoms with Gasteiger partial charge in [-0.05, 0) is 24.6 Å². The molecular weight excluding hydrogens is 254 g/mol. The van der Waals surface area contributed by atoms with Crippen LogP contribution in [0, 0.1) is 0 Å². The summed E-state index contributed by atoms with van der Waals surface area (Å²) < 4.78 is 0. The Labute approximate surface area is 116 Å². The summed E-state index contributed by atoms with van der Waals surface area (Å²) in [6, 6.07) is 8.27. The van der Waals surface area contributed by atoms with E-state index in [9.17, 15) is 9.59 Å². The number of amides is 2. The Morgan fingerprint density at radius 2 is 1.75 bits per heavy atom. The molecule has 0 spiro atoms. The summed E-state index contributed by atoms with van der Waals surface area (Å²) in [5.74, 6) is -0.507. The maximum Gasteiger partial charge on any atom is 0.262 e. The van der Waals surface area contributed by atoms with Crippen LogP contribution in [0.4, 0.5) is 0 Å². The SMILES string of the molecule is CCC(c1ccncn1)N1C(=O)c2ccccc2C1=O. The van der Waals surface area contributed by atoms with Crippen LogP contribution in [0.1, 0.15) is 45.8 Å². The van der Waals surface area contributed by atoms with Crippen LogP contribution in [0.25, 0.3) is 0 Å². The Morgan fingerprint density at radius 1 is 1.10 bits per heavy atom. The lowest BCUT2D eigenvalue weighted by Crippen LogP contribution is -2.34. The first-order valence-electron chi connectivity index (χ1n) is 6.47. The maximum absolute atomic E-state index is 12.4. The molecule has 20 heavy (non-hydrogen) atoms. The predicted molar refractivity (Wildman–Crippen MR) is 72.0 cm³/mol. The number of benzene rings is 1. The number of carbonyl (C=O) groups excluding carboxylic acids is 2. The second-order valence-electron chi connectivity index (χ2n) is 4.58. The van der Waals surface area contributed by atoms with Gasteiger partial charge < -0.3 is 0 Å². The van der Waals surface area contributed by atoms with Gasteiger partial charge in [0.15, 0.2) is 0 Å². The molecule has 0 bridgehead atoms. The highest BCUT2D eigenvalue weighted by atomic mass is 16.2. The van der Waals surface area contributed by atoms with Crippen LogP contribution in [0.5, 0.6) is 0 Å². The Kier molecular flexibility index (Phi) is 3.02. The molecule has 1 aromatic carbocycles. The van der Waals surface area contributed by atoms with Crippen molar-refractivity contribution in [3.8, 4) is 0 Å². The van der Waals surface area contributed by atoms with E-state index in [1.807, 2.05) is 6.92 Å². The third kappa shape index (κ3) is 1.79. The number of aromatic nitrogens is 2. The fourth-order valence-electron chi connectivity index (χ4n) is 2.51. The molecule has 2 heterocycles. The molecule has 5 heteroatoms. The molecule has 0 saturated carbocycles. The quantitative estimate of drug-likeness (QED) is 0.800. The lowest BCUT2D eigenvalue weighted by atomic mass is 10.1. The predicted octanol–water partition coefficient (Wildman–Crippen LogP) is 2.22. The molecule has 0 fully saturated rings. The summed E-state index contributed by atoms with van der Waals surface area (Å²) in [5, 5.41) is 0. The molecule has 1 atom stereocenters. The van der Waals surface area contributed by atoms with Crippen LogP contribution < -0.4 is 0 Å². The number of hydrogen-bond donors (Lipinski definition) is 0. The van der Waals surface area contributed by atoms with E-state index in [1.165, 1.54) is 11.2 Å². The van der Waals surface area contributed by atoms with Crippen molar-refractivity contribution >= 4 is 11.8 Å². The zero-order chi connectivity index (χ0) is 14.1. The van der Waals surface area contributed by atoms with E-state index in [-0.39, 0.29) is 17.9 Å². The van der Waals surface area contributed by atoms with Gasteiger partial charge in [-0.15, -0.1) is 0 Å².